The number of benzene rings is 2. The van der Waals surface area contributed by atoms with E-state index in [-0.39, 0.29) is 17.8 Å². The number of alkyl halides is 3. The number of halogens is 3. The van der Waals surface area contributed by atoms with Crippen LogP contribution in [0, 0.1) is 6.92 Å². The Morgan fingerprint density at radius 1 is 1.06 bits per heavy atom. The summed E-state index contributed by atoms with van der Waals surface area (Å²) in [7, 11) is 1.54. The lowest BCUT2D eigenvalue weighted by molar-refractivity contribution is -0.137. The van der Waals surface area contributed by atoms with Crippen molar-refractivity contribution in [1.29, 1.82) is 0 Å². The Balaban J connectivity index is 1.96. The average Bonchev–Trinajstić information content (AvgIpc) is 2.74. The molecule has 0 saturated heterocycles. The van der Waals surface area contributed by atoms with E-state index >= 15 is 0 Å². The molecule has 0 atom stereocenters. The second kappa shape index (κ2) is 9.07. The van der Waals surface area contributed by atoms with Crippen molar-refractivity contribution in [2.24, 2.45) is 0 Å². The van der Waals surface area contributed by atoms with Crippen molar-refractivity contribution in [3.8, 4) is 5.75 Å². The van der Waals surface area contributed by atoms with Crippen LogP contribution in [0.5, 0.6) is 5.75 Å². The molecule has 1 amide bonds. The van der Waals surface area contributed by atoms with Crippen LogP contribution >= 0.6 is 0 Å². The normalized spacial score (nSPS) is 11.3. The van der Waals surface area contributed by atoms with Gasteiger partial charge in [-0.25, -0.2) is 0 Å². The van der Waals surface area contributed by atoms with E-state index in [1.165, 1.54) is 23.1 Å². The van der Waals surface area contributed by atoms with Gasteiger partial charge < -0.3 is 14.6 Å². The Morgan fingerprint density at radius 2 is 1.77 bits per heavy atom. The first-order valence-electron chi connectivity index (χ1n) is 9.51. The zero-order valence-electron chi connectivity index (χ0n) is 17.0. The summed E-state index contributed by atoms with van der Waals surface area (Å²) in [6.45, 7) is 1.75. The number of hydrogen-bond acceptors (Lipinski definition) is 3. The number of rotatable bonds is 6. The topological polar surface area (TPSA) is 62.4 Å². The van der Waals surface area contributed by atoms with Crippen molar-refractivity contribution in [3.63, 3.8) is 0 Å². The van der Waals surface area contributed by atoms with Crippen LogP contribution in [0.15, 0.2) is 65.5 Å². The van der Waals surface area contributed by atoms with Crippen molar-refractivity contribution in [3.05, 3.63) is 93.4 Å². The lowest BCUT2D eigenvalue weighted by Crippen LogP contribution is -2.36. The molecule has 0 unspecified atom stereocenters. The molecule has 0 aliphatic heterocycles. The molecule has 0 saturated carbocycles. The fourth-order valence-corrected chi connectivity index (χ4v) is 3.12. The molecular weight excluding hydrogens is 409 g/mol. The van der Waals surface area contributed by atoms with Crippen LogP contribution < -0.4 is 15.2 Å². The van der Waals surface area contributed by atoms with E-state index in [0.29, 0.717) is 17.9 Å². The summed E-state index contributed by atoms with van der Waals surface area (Å²) in [6, 6.07) is 14.6. The largest absolute Gasteiger partial charge is 0.497 e. The van der Waals surface area contributed by atoms with E-state index in [0.717, 1.165) is 17.7 Å². The van der Waals surface area contributed by atoms with Crippen molar-refractivity contribution in [2.75, 3.05) is 18.6 Å². The minimum atomic E-state index is -4.55. The summed E-state index contributed by atoms with van der Waals surface area (Å²) >= 11 is 0. The molecule has 8 heteroatoms. The molecule has 0 aliphatic rings. The lowest BCUT2D eigenvalue weighted by Gasteiger charge is -2.24. The van der Waals surface area contributed by atoms with E-state index in [1.807, 2.05) is 12.1 Å². The van der Waals surface area contributed by atoms with Crippen molar-refractivity contribution < 1.29 is 22.7 Å². The number of nitrogens with one attached hydrogen (secondary N) is 1. The number of aromatic nitrogens is 1. The van der Waals surface area contributed by atoms with Gasteiger partial charge in [0, 0.05) is 17.9 Å². The molecule has 0 bridgehead atoms. The molecule has 0 aliphatic carbocycles. The maximum absolute atomic E-state index is 13.2. The molecule has 0 spiro atoms. The Morgan fingerprint density at radius 3 is 2.39 bits per heavy atom. The number of aryl methyl sites for hydroxylation is 1. The summed E-state index contributed by atoms with van der Waals surface area (Å²) in [4.78, 5) is 29.2. The Labute approximate surface area is 177 Å². The van der Waals surface area contributed by atoms with Gasteiger partial charge in [0.2, 0.25) is 0 Å². The van der Waals surface area contributed by atoms with Gasteiger partial charge in [0.25, 0.3) is 11.5 Å². The molecule has 162 valence electrons. The van der Waals surface area contributed by atoms with Gasteiger partial charge in [0.15, 0.2) is 0 Å². The first kappa shape index (κ1) is 22.1. The standard InChI is InChI=1S/C23H21F3N2O3/c1-15-6-11-20(21(29)27-15)22(30)28(13-12-16-7-9-19(31-2)10-8-16)18-5-3-4-17(14-18)23(24,25)26/h3-11,14H,12-13H2,1-2H3,(H,27,29). The first-order chi connectivity index (χ1) is 14.7. The van der Waals surface area contributed by atoms with E-state index in [1.54, 1.807) is 32.2 Å². The highest BCUT2D eigenvalue weighted by atomic mass is 19.4. The predicted molar refractivity (Wildman–Crippen MR) is 112 cm³/mol. The minimum Gasteiger partial charge on any atom is -0.497 e. The van der Waals surface area contributed by atoms with Crippen molar-refractivity contribution in [2.45, 2.75) is 19.5 Å². The molecule has 3 rings (SSSR count). The predicted octanol–water partition coefficient (Wildman–Crippen LogP) is 4.60. The molecule has 1 aromatic heterocycles. The van der Waals surface area contributed by atoms with Crippen LogP contribution in [-0.4, -0.2) is 24.5 Å². The third-order valence-corrected chi connectivity index (χ3v) is 4.80. The zero-order chi connectivity index (χ0) is 22.6. The average molecular weight is 430 g/mol. The maximum atomic E-state index is 13.2. The van der Waals surface area contributed by atoms with Gasteiger partial charge in [-0.2, -0.15) is 13.2 Å². The van der Waals surface area contributed by atoms with E-state index in [4.69, 9.17) is 4.74 Å². The molecule has 0 fully saturated rings. The van der Waals surface area contributed by atoms with Crippen LogP contribution in [0.3, 0.4) is 0 Å². The van der Waals surface area contributed by atoms with Crippen LogP contribution in [0.2, 0.25) is 0 Å². The zero-order valence-corrected chi connectivity index (χ0v) is 17.0. The lowest BCUT2D eigenvalue weighted by atomic mass is 10.1. The number of ether oxygens (including phenoxy) is 1. The number of aromatic amines is 1. The summed E-state index contributed by atoms with van der Waals surface area (Å²) in [6.07, 6.45) is -4.18. The van der Waals surface area contributed by atoms with Crippen LogP contribution in [-0.2, 0) is 12.6 Å². The highest BCUT2D eigenvalue weighted by Crippen LogP contribution is 2.32. The molecule has 0 radical (unpaired) electrons. The first-order valence-corrected chi connectivity index (χ1v) is 9.51. The fraction of sp³-hybridized carbons (Fsp3) is 0.217. The summed E-state index contributed by atoms with van der Waals surface area (Å²) in [5.41, 5.74) is -0.101. The number of hydrogen-bond donors (Lipinski definition) is 1. The van der Waals surface area contributed by atoms with E-state index in [9.17, 15) is 22.8 Å². The van der Waals surface area contributed by atoms with Gasteiger partial charge in [-0.3, -0.25) is 9.59 Å². The quantitative estimate of drug-likeness (QED) is 0.622. The molecule has 3 aromatic rings. The van der Waals surface area contributed by atoms with Crippen LogP contribution in [0.25, 0.3) is 0 Å². The third-order valence-electron chi connectivity index (χ3n) is 4.80. The third kappa shape index (κ3) is 5.33. The van der Waals surface area contributed by atoms with Crippen molar-refractivity contribution >= 4 is 11.6 Å². The maximum Gasteiger partial charge on any atom is 0.416 e. The summed E-state index contributed by atoms with van der Waals surface area (Å²) in [5, 5.41) is 0. The van der Waals surface area contributed by atoms with E-state index < -0.39 is 23.2 Å². The molecule has 2 aromatic carbocycles. The fourth-order valence-electron chi connectivity index (χ4n) is 3.12. The minimum absolute atomic E-state index is 0.0633. The van der Waals surface area contributed by atoms with Crippen LogP contribution in [0.1, 0.15) is 27.2 Å². The molecule has 1 N–H and O–H groups in total. The number of carbonyl (C=O) groups is 1. The second-order valence-electron chi connectivity index (χ2n) is 6.99. The number of pyridine rings is 1. The van der Waals surface area contributed by atoms with Gasteiger partial charge in [-0.15, -0.1) is 0 Å². The summed E-state index contributed by atoms with van der Waals surface area (Å²) in [5.74, 6) is -0.00478. The SMILES string of the molecule is COc1ccc(CCN(C(=O)c2ccc(C)[nH]c2=O)c2cccc(C(F)(F)F)c2)cc1. The van der Waals surface area contributed by atoms with Gasteiger partial charge in [0.1, 0.15) is 11.3 Å². The number of carbonyl (C=O) groups excluding carboxylic acids is 1. The van der Waals surface area contributed by atoms with Gasteiger partial charge >= 0.3 is 6.18 Å². The number of H-pyrrole nitrogens is 1. The van der Waals surface area contributed by atoms with E-state index in [2.05, 4.69) is 4.98 Å². The number of anilines is 1. The Kier molecular flexibility index (Phi) is 6.48. The second-order valence-corrected chi connectivity index (χ2v) is 6.99. The summed E-state index contributed by atoms with van der Waals surface area (Å²) < 4.78 is 44.8. The molecule has 1 heterocycles. The van der Waals surface area contributed by atoms with Crippen LogP contribution in [0.4, 0.5) is 18.9 Å². The Bertz CT molecular complexity index is 1120. The van der Waals surface area contributed by atoms with Gasteiger partial charge in [0.05, 0.1) is 12.7 Å². The van der Waals surface area contributed by atoms with Crippen molar-refractivity contribution in [1.82, 2.24) is 4.98 Å². The Hall–Kier alpha value is -3.55. The van der Waals surface area contributed by atoms with Gasteiger partial charge in [-0.1, -0.05) is 18.2 Å². The number of amides is 1. The number of nitrogens with zero attached hydrogens (tertiary/aromatic N) is 1. The highest BCUT2D eigenvalue weighted by Gasteiger charge is 2.31. The molecular formula is C23H21F3N2O3. The van der Waals surface area contributed by atoms with Gasteiger partial charge in [-0.05, 0) is 61.4 Å². The molecule has 31 heavy (non-hydrogen) atoms. The smallest absolute Gasteiger partial charge is 0.416 e. The monoisotopic (exact) mass is 430 g/mol. The number of methoxy groups -OCH3 is 1. The highest BCUT2D eigenvalue weighted by molar-refractivity contribution is 6.05. The molecule has 5 nitrogen and oxygen atoms in total.